The fourth-order valence-electron chi connectivity index (χ4n) is 1.67. The predicted molar refractivity (Wildman–Crippen MR) is 76.5 cm³/mol. The number of hydrogen-bond acceptors (Lipinski definition) is 4. The number of methoxy groups -OCH3 is 1. The molecule has 0 saturated carbocycles. The topological polar surface area (TPSA) is 50.7 Å². The molecule has 108 valence electrons. The van der Waals surface area contributed by atoms with Gasteiger partial charge >= 0.3 is 0 Å². The van der Waals surface area contributed by atoms with Crippen LogP contribution in [0.15, 0.2) is 18.2 Å². The van der Waals surface area contributed by atoms with Crippen LogP contribution in [-0.2, 0) is 11.3 Å². The maximum Gasteiger partial charge on any atom is 0.123 e. The Kier molecular flexibility index (Phi) is 7.48. The Morgan fingerprint density at radius 2 is 2.16 bits per heavy atom. The quantitative estimate of drug-likeness (QED) is 0.669. The second-order valence-corrected chi connectivity index (χ2v) is 4.88. The van der Waals surface area contributed by atoms with Crippen molar-refractivity contribution < 1.29 is 14.6 Å². The van der Waals surface area contributed by atoms with Crippen molar-refractivity contribution in [1.82, 2.24) is 5.32 Å². The number of rotatable bonds is 9. The van der Waals surface area contributed by atoms with Gasteiger partial charge in [-0.15, -0.1) is 0 Å². The van der Waals surface area contributed by atoms with Crippen molar-refractivity contribution in [3.63, 3.8) is 0 Å². The summed E-state index contributed by atoms with van der Waals surface area (Å²) in [4.78, 5) is 0. The number of aliphatic hydroxyl groups is 1. The van der Waals surface area contributed by atoms with E-state index < -0.39 is 0 Å². The summed E-state index contributed by atoms with van der Waals surface area (Å²) in [5.74, 6) is 1.03. The Hall–Kier alpha value is -1.10. The van der Waals surface area contributed by atoms with Gasteiger partial charge in [0.15, 0.2) is 0 Å². The maximum absolute atomic E-state index is 9.02. The lowest BCUT2D eigenvalue weighted by molar-refractivity contribution is 0.173. The van der Waals surface area contributed by atoms with Crippen LogP contribution in [0.25, 0.3) is 0 Å². The van der Waals surface area contributed by atoms with Gasteiger partial charge in [-0.2, -0.15) is 0 Å². The lowest BCUT2D eigenvalue weighted by atomic mass is 10.1. The first kappa shape index (κ1) is 16.0. The van der Waals surface area contributed by atoms with E-state index in [1.54, 1.807) is 7.11 Å². The number of aryl methyl sites for hydroxylation is 1. The molecule has 0 heterocycles. The number of hydrogen-bond donors (Lipinski definition) is 2. The molecule has 1 unspecified atom stereocenters. The second-order valence-electron chi connectivity index (χ2n) is 4.88. The zero-order valence-corrected chi connectivity index (χ0v) is 12.1. The van der Waals surface area contributed by atoms with Crippen LogP contribution in [0.3, 0.4) is 0 Å². The first-order valence-corrected chi connectivity index (χ1v) is 6.70. The zero-order valence-electron chi connectivity index (χ0n) is 12.1. The fraction of sp³-hybridized carbons (Fsp3) is 0.600. The minimum absolute atomic E-state index is 0.146. The standard InChI is InChI=1S/C15H25NO3/c1-12-4-5-15(19-11-13(2)10-17)14(8-12)9-16-6-7-18-3/h4-5,8,13,16-17H,6-7,9-11H2,1-3H3. The first-order chi connectivity index (χ1) is 9.17. The molecular weight excluding hydrogens is 242 g/mol. The van der Waals surface area contributed by atoms with Crippen LogP contribution < -0.4 is 10.1 Å². The van der Waals surface area contributed by atoms with Crippen LogP contribution in [0.2, 0.25) is 0 Å². The summed E-state index contributed by atoms with van der Waals surface area (Å²) in [6.45, 7) is 6.98. The lowest BCUT2D eigenvalue weighted by Gasteiger charge is -2.15. The maximum atomic E-state index is 9.02. The van der Waals surface area contributed by atoms with Crippen molar-refractivity contribution in [2.75, 3.05) is 33.5 Å². The van der Waals surface area contributed by atoms with Gasteiger partial charge in [0.1, 0.15) is 5.75 Å². The highest BCUT2D eigenvalue weighted by atomic mass is 16.5. The third-order valence-electron chi connectivity index (χ3n) is 2.85. The van der Waals surface area contributed by atoms with Gasteiger partial charge < -0.3 is 19.9 Å². The van der Waals surface area contributed by atoms with Crippen molar-refractivity contribution in [1.29, 1.82) is 0 Å². The van der Waals surface area contributed by atoms with Crippen molar-refractivity contribution >= 4 is 0 Å². The highest BCUT2D eigenvalue weighted by molar-refractivity contribution is 5.36. The highest BCUT2D eigenvalue weighted by Crippen LogP contribution is 2.20. The van der Waals surface area contributed by atoms with Crippen LogP contribution >= 0.6 is 0 Å². The van der Waals surface area contributed by atoms with Gasteiger partial charge in [0.25, 0.3) is 0 Å². The molecule has 19 heavy (non-hydrogen) atoms. The number of nitrogens with one attached hydrogen (secondary N) is 1. The van der Waals surface area contributed by atoms with Crippen LogP contribution in [-0.4, -0.2) is 38.6 Å². The Balaban J connectivity index is 2.58. The highest BCUT2D eigenvalue weighted by Gasteiger charge is 2.06. The molecule has 0 aliphatic heterocycles. The lowest BCUT2D eigenvalue weighted by Crippen LogP contribution is -2.20. The molecule has 0 fully saturated rings. The third kappa shape index (κ3) is 6.05. The molecule has 0 aromatic heterocycles. The summed E-state index contributed by atoms with van der Waals surface area (Å²) in [5.41, 5.74) is 2.35. The van der Waals surface area contributed by atoms with E-state index in [1.807, 2.05) is 19.1 Å². The van der Waals surface area contributed by atoms with Crippen molar-refractivity contribution in [2.45, 2.75) is 20.4 Å². The monoisotopic (exact) mass is 267 g/mol. The summed E-state index contributed by atoms with van der Waals surface area (Å²) in [5, 5.41) is 12.3. The van der Waals surface area contributed by atoms with Gasteiger partial charge in [-0.1, -0.05) is 24.6 Å². The Morgan fingerprint density at radius 3 is 2.84 bits per heavy atom. The van der Waals surface area contributed by atoms with Gasteiger partial charge in [0.2, 0.25) is 0 Å². The predicted octanol–water partition coefficient (Wildman–Crippen LogP) is 1.74. The summed E-state index contributed by atoms with van der Waals surface area (Å²) in [6.07, 6.45) is 0. The van der Waals surface area contributed by atoms with Gasteiger partial charge in [-0.3, -0.25) is 0 Å². The normalized spacial score (nSPS) is 12.4. The molecule has 0 amide bonds. The van der Waals surface area contributed by atoms with Gasteiger partial charge in [0.05, 0.1) is 13.2 Å². The summed E-state index contributed by atoms with van der Waals surface area (Å²) < 4.78 is 10.8. The smallest absolute Gasteiger partial charge is 0.123 e. The van der Waals surface area contributed by atoms with E-state index in [2.05, 4.69) is 18.3 Å². The summed E-state index contributed by atoms with van der Waals surface area (Å²) in [6, 6.07) is 6.16. The zero-order chi connectivity index (χ0) is 14.1. The second kappa shape index (κ2) is 8.91. The minimum Gasteiger partial charge on any atom is -0.493 e. The SMILES string of the molecule is COCCNCc1cc(C)ccc1OCC(C)CO. The fourth-order valence-corrected chi connectivity index (χ4v) is 1.67. The molecule has 4 nitrogen and oxygen atoms in total. The van der Waals surface area contributed by atoms with Gasteiger partial charge in [-0.25, -0.2) is 0 Å². The van der Waals surface area contributed by atoms with E-state index in [4.69, 9.17) is 14.6 Å². The molecule has 0 spiro atoms. The van der Waals surface area contributed by atoms with Crippen molar-refractivity contribution in [2.24, 2.45) is 5.92 Å². The van der Waals surface area contributed by atoms with Crippen LogP contribution in [0, 0.1) is 12.8 Å². The van der Waals surface area contributed by atoms with E-state index in [9.17, 15) is 0 Å². The molecule has 0 saturated heterocycles. The molecule has 4 heteroatoms. The molecule has 0 bridgehead atoms. The van der Waals surface area contributed by atoms with E-state index in [0.29, 0.717) is 13.2 Å². The van der Waals surface area contributed by atoms with Crippen LogP contribution in [0.5, 0.6) is 5.75 Å². The Labute approximate surface area is 115 Å². The molecular formula is C15H25NO3. The van der Waals surface area contributed by atoms with Gasteiger partial charge in [0, 0.05) is 38.3 Å². The number of ether oxygens (including phenoxy) is 2. The van der Waals surface area contributed by atoms with E-state index >= 15 is 0 Å². The van der Waals surface area contributed by atoms with E-state index in [0.717, 1.165) is 24.4 Å². The third-order valence-corrected chi connectivity index (χ3v) is 2.85. The first-order valence-electron chi connectivity index (χ1n) is 6.70. The van der Waals surface area contributed by atoms with Crippen LogP contribution in [0.4, 0.5) is 0 Å². The molecule has 0 radical (unpaired) electrons. The average molecular weight is 267 g/mol. The van der Waals surface area contributed by atoms with Crippen molar-refractivity contribution in [3.8, 4) is 5.75 Å². The molecule has 2 N–H and O–H groups in total. The summed E-state index contributed by atoms with van der Waals surface area (Å²) >= 11 is 0. The number of aliphatic hydroxyl groups excluding tert-OH is 1. The number of benzene rings is 1. The Bertz CT molecular complexity index is 368. The molecule has 0 aliphatic rings. The summed E-state index contributed by atoms with van der Waals surface area (Å²) in [7, 11) is 1.69. The van der Waals surface area contributed by atoms with Crippen molar-refractivity contribution in [3.05, 3.63) is 29.3 Å². The molecule has 1 rings (SSSR count). The van der Waals surface area contributed by atoms with E-state index in [-0.39, 0.29) is 12.5 Å². The molecule has 0 aliphatic carbocycles. The van der Waals surface area contributed by atoms with Gasteiger partial charge in [-0.05, 0) is 13.0 Å². The van der Waals surface area contributed by atoms with E-state index in [1.165, 1.54) is 5.56 Å². The Morgan fingerprint density at radius 1 is 1.37 bits per heavy atom. The molecule has 1 aromatic rings. The average Bonchev–Trinajstić information content (AvgIpc) is 2.42. The molecule has 1 aromatic carbocycles. The minimum atomic E-state index is 0.146. The van der Waals surface area contributed by atoms with Crippen LogP contribution in [0.1, 0.15) is 18.1 Å². The molecule has 1 atom stereocenters. The largest absolute Gasteiger partial charge is 0.493 e.